The molecule has 0 saturated carbocycles. The first-order chi connectivity index (χ1) is 10.3. The van der Waals surface area contributed by atoms with Gasteiger partial charge in [0.05, 0.1) is 5.92 Å². The Morgan fingerprint density at radius 1 is 1.14 bits per heavy atom. The Morgan fingerprint density at radius 2 is 1.86 bits per heavy atom. The van der Waals surface area contributed by atoms with E-state index in [9.17, 15) is 4.79 Å². The maximum absolute atomic E-state index is 12.8. The van der Waals surface area contributed by atoms with Crippen LogP contribution in [0.2, 0.25) is 0 Å². The Bertz CT molecular complexity index is 624. The summed E-state index contributed by atoms with van der Waals surface area (Å²) in [6, 6.07) is 18.1. The van der Waals surface area contributed by atoms with E-state index in [2.05, 4.69) is 17.4 Å². The van der Waals surface area contributed by atoms with Crippen LogP contribution in [-0.2, 0) is 11.2 Å². The number of fused-ring (bicyclic) bond motifs is 1. The van der Waals surface area contributed by atoms with Crippen LogP contribution >= 0.6 is 0 Å². The Labute approximate surface area is 125 Å². The summed E-state index contributed by atoms with van der Waals surface area (Å²) in [6.07, 6.45) is 0.811. The van der Waals surface area contributed by atoms with Crippen molar-refractivity contribution in [2.24, 2.45) is 5.92 Å². The van der Waals surface area contributed by atoms with E-state index in [4.69, 9.17) is 0 Å². The van der Waals surface area contributed by atoms with E-state index < -0.39 is 0 Å². The lowest BCUT2D eigenvalue weighted by Gasteiger charge is -2.30. The molecule has 2 aromatic carbocycles. The second-order valence-electron chi connectivity index (χ2n) is 5.36. The van der Waals surface area contributed by atoms with Gasteiger partial charge in [0.15, 0.2) is 0 Å². The predicted molar refractivity (Wildman–Crippen MR) is 86.6 cm³/mol. The minimum Gasteiger partial charge on any atom is -0.384 e. The highest BCUT2D eigenvalue weighted by Gasteiger charge is 2.28. The molecule has 1 unspecified atom stereocenters. The van der Waals surface area contributed by atoms with Crippen LogP contribution in [0.5, 0.6) is 0 Å². The molecule has 0 spiro atoms. The Balaban J connectivity index is 1.79. The van der Waals surface area contributed by atoms with Crippen LogP contribution in [0.3, 0.4) is 0 Å². The molecule has 3 rings (SSSR count). The van der Waals surface area contributed by atoms with Gasteiger partial charge in [0.25, 0.3) is 0 Å². The SMILES string of the molecule is CCN(C(=O)C1CNc2ccccc2C1)c1ccccc1. The van der Waals surface area contributed by atoms with Crippen LogP contribution in [-0.4, -0.2) is 19.0 Å². The Kier molecular flexibility index (Phi) is 3.91. The van der Waals surface area contributed by atoms with Crippen LogP contribution in [0.1, 0.15) is 12.5 Å². The molecule has 1 atom stereocenters. The highest BCUT2D eigenvalue weighted by Crippen LogP contribution is 2.26. The average Bonchev–Trinajstić information content (AvgIpc) is 2.56. The summed E-state index contributed by atoms with van der Waals surface area (Å²) in [5.74, 6) is 0.200. The molecule has 1 N–H and O–H groups in total. The first kappa shape index (κ1) is 13.7. The molecule has 0 fully saturated rings. The van der Waals surface area contributed by atoms with Gasteiger partial charge in [-0.2, -0.15) is 0 Å². The van der Waals surface area contributed by atoms with E-state index in [1.54, 1.807) is 0 Å². The fourth-order valence-corrected chi connectivity index (χ4v) is 2.91. The number of carbonyl (C=O) groups excluding carboxylic acids is 1. The lowest BCUT2D eigenvalue weighted by molar-refractivity contribution is -0.122. The zero-order valence-electron chi connectivity index (χ0n) is 12.3. The molecule has 0 aromatic heterocycles. The van der Waals surface area contributed by atoms with Gasteiger partial charge in [0.2, 0.25) is 5.91 Å². The third kappa shape index (κ3) is 2.77. The number of anilines is 2. The second-order valence-corrected chi connectivity index (χ2v) is 5.36. The molecular formula is C18H20N2O. The van der Waals surface area contributed by atoms with E-state index in [0.717, 1.165) is 17.8 Å². The molecule has 1 aliphatic heterocycles. The maximum atomic E-state index is 12.8. The summed E-state index contributed by atoms with van der Waals surface area (Å²) >= 11 is 0. The van der Waals surface area contributed by atoms with E-state index in [1.807, 2.05) is 54.3 Å². The number of carbonyl (C=O) groups is 1. The highest BCUT2D eigenvalue weighted by molar-refractivity contribution is 5.95. The largest absolute Gasteiger partial charge is 0.384 e. The Hall–Kier alpha value is -2.29. The summed E-state index contributed by atoms with van der Waals surface area (Å²) in [6.45, 7) is 3.43. The predicted octanol–water partition coefficient (Wildman–Crippen LogP) is 3.32. The van der Waals surface area contributed by atoms with Crippen molar-refractivity contribution in [3.8, 4) is 0 Å². The molecule has 0 radical (unpaired) electrons. The van der Waals surface area contributed by atoms with Gasteiger partial charge < -0.3 is 10.2 Å². The van der Waals surface area contributed by atoms with Gasteiger partial charge in [0.1, 0.15) is 0 Å². The fraction of sp³-hybridized carbons (Fsp3) is 0.278. The molecular weight excluding hydrogens is 260 g/mol. The van der Waals surface area contributed by atoms with Crippen LogP contribution in [0.25, 0.3) is 0 Å². The molecule has 1 aliphatic rings. The third-order valence-electron chi connectivity index (χ3n) is 4.02. The van der Waals surface area contributed by atoms with Crippen LogP contribution in [0.15, 0.2) is 54.6 Å². The number of amides is 1. The number of rotatable bonds is 3. The molecule has 2 aromatic rings. The summed E-state index contributed by atoms with van der Waals surface area (Å²) < 4.78 is 0. The summed E-state index contributed by atoms with van der Waals surface area (Å²) in [5, 5.41) is 3.38. The second kappa shape index (κ2) is 6.00. The molecule has 1 heterocycles. The number of nitrogens with one attached hydrogen (secondary N) is 1. The minimum atomic E-state index is 0.0000520. The normalized spacial score (nSPS) is 16.7. The fourth-order valence-electron chi connectivity index (χ4n) is 2.91. The number of benzene rings is 2. The van der Waals surface area contributed by atoms with Crippen LogP contribution in [0.4, 0.5) is 11.4 Å². The van der Waals surface area contributed by atoms with E-state index in [-0.39, 0.29) is 11.8 Å². The summed E-state index contributed by atoms with van der Waals surface area (Å²) in [5.41, 5.74) is 3.36. The Morgan fingerprint density at radius 3 is 2.62 bits per heavy atom. The van der Waals surface area contributed by atoms with E-state index in [0.29, 0.717) is 13.1 Å². The molecule has 108 valence electrons. The number of hydrogen-bond acceptors (Lipinski definition) is 2. The van der Waals surface area contributed by atoms with Crippen molar-refractivity contribution in [1.82, 2.24) is 0 Å². The van der Waals surface area contributed by atoms with Crippen molar-refractivity contribution in [3.63, 3.8) is 0 Å². The number of para-hydroxylation sites is 2. The van der Waals surface area contributed by atoms with Crippen molar-refractivity contribution in [2.75, 3.05) is 23.3 Å². The third-order valence-corrected chi connectivity index (χ3v) is 4.02. The molecule has 3 heteroatoms. The molecule has 0 saturated heterocycles. The first-order valence-corrected chi connectivity index (χ1v) is 7.47. The average molecular weight is 280 g/mol. The number of nitrogens with zero attached hydrogens (tertiary/aromatic N) is 1. The topological polar surface area (TPSA) is 32.3 Å². The van der Waals surface area contributed by atoms with Gasteiger partial charge in [-0.15, -0.1) is 0 Å². The van der Waals surface area contributed by atoms with Crippen LogP contribution in [0, 0.1) is 5.92 Å². The van der Waals surface area contributed by atoms with Crippen LogP contribution < -0.4 is 10.2 Å². The quantitative estimate of drug-likeness (QED) is 0.935. The van der Waals surface area contributed by atoms with Crippen molar-refractivity contribution >= 4 is 17.3 Å². The summed E-state index contributed by atoms with van der Waals surface area (Å²) in [4.78, 5) is 14.7. The van der Waals surface area contributed by atoms with Crippen molar-refractivity contribution in [2.45, 2.75) is 13.3 Å². The number of hydrogen-bond donors (Lipinski definition) is 1. The van der Waals surface area contributed by atoms with Gasteiger partial charge >= 0.3 is 0 Å². The molecule has 21 heavy (non-hydrogen) atoms. The standard InChI is InChI=1S/C18H20N2O/c1-2-20(16-9-4-3-5-10-16)18(21)15-12-14-8-6-7-11-17(14)19-13-15/h3-11,15,19H,2,12-13H2,1H3. The zero-order valence-corrected chi connectivity index (χ0v) is 12.3. The molecule has 0 aliphatic carbocycles. The van der Waals surface area contributed by atoms with Gasteiger partial charge in [-0.3, -0.25) is 4.79 Å². The monoisotopic (exact) mass is 280 g/mol. The molecule has 3 nitrogen and oxygen atoms in total. The van der Waals surface area contributed by atoms with Crippen molar-refractivity contribution < 1.29 is 4.79 Å². The molecule has 1 amide bonds. The maximum Gasteiger partial charge on any atom is 0.232 e. The lowest BCUT2D eigenvalue weighted by Crippen LogP contribution is -2.41. The van der Waals surface area contributed by atoms with Gasteiger partial charge in [-0.1, -0.05) is 36.4 Å². The van der Waals surface area contributed by atoms with Gasteiger partial charge in [-0.05, 0) is 37.1 Å². The van der Waals surface area contributed by atoms with Crippen molar-refractivity contribution in [1.29, 1.82) is 0 Å². The smallest absolute Gasteiger partial charge is 0.232 e. The zero-order chi connectivity index (χ0) is 14.7. The van der Waals surface area contributed by atoms with E-state index in [1.165, 1.54) is 5.56 Å². The van der Waals surface area contributed by atoms with Crippen molar-refractivity contribution in [3.05, 3.63) is 60.2 Å². The first-order valence-electron chi connectivity index (χ1n) is 7.47. The highest BCUT2D eigenvalue weighted by atomic mass is 16.2. The molecule has 0 bridgehead atoms. The van der Waals surface area contributed by atoms with Gasteiger partial charge in [0, 0.05) is 24.5 Å². The van der Waals surface area contributed by atoms with E-state index >= 15 is 0 Å². The van der Waals surface area contributed by atoms with Gasteiger partial charge in [-0.25, -0.2) is 0 Å². The minimum absolute atomic E-state index is 0.0000520. The lowest BCUT2D eigenvalue weighted by atomic mass is 9.92. The summed E-state index contributed by atoms with van der Waals surface area (Å²) in [7, 11) is 0.